The van der Waals surface area contributed by atoms with E-state index >= 15 is 0 Å². The highest BCUT2D eigenvalue weighted by Gasteiger charge is 2.23. The number of imidazole rings is 1. The average molecular weight is 500 g/mol. The fourth-order valence-electron chi connectivity index (χ4n) is 3.41. The van der Waals surface area contributed by atoms with Crippen LogP contribution in [0, 0.1) is 6.92 Å². The number of carbonyl (C=O) groups is 1. The molecule has 8 nitrogen and oxygen atoms in total. The fraction of sp³-hybridized carbons (Fsp3) is 0.526. The lowest BCUT2D eigenvalue weighted by Gasteiger charge is -2.35. The number of para-hydroxylation sites is 2. The summed E-state index contributed by atoms with van der Waals surface area (Å²) in [6.45, 7) is 8.60. The molecule has 28 heavy (non-hydrogen) atoms. The van der Waals surface area contributed by atoms with E-state index in [1.807, 2.05) is 32.0 Å². The van der Waals surface area contributed by atoms with Gasteiger partial charge in [-0.15, -0.1) is 24.0 Å². The SMILES string of the molecule is CCOC(=O)N1CCN(C(=NC)NCCn2c(C)nc3ccccc32)CC1.I. The third-order valence-electron chi connectivity index (χ3n) is 4.78. The van der Waals surface area contributed by atoms with Crippen LogP contribution in [0.1, 0.15) is 12.7 Å². The minimum absolute atomic E-state index is 0. The maximum Gasteiger partial charge on any atom is 0.409 e. The highest BCUT2D eigenvalue weighted by Crippen LogP contribution is 2.14. The van der Waals surface area contributed by atoms with Gasteiger partial charge in [-0.3, -0.25) is 4.99 Å². The van der Waals surface area contributed by atoms with Crippen LogP contribution in [0.5, 0.6) is 0 Å². The number of guanidine groups is 1. The molecule has 1 aromatic carbocycles. The van der Waals surface area contributed by atoms with Gasteiger partial charge in [-0.2, -0.15) is 0 Å². The Morgan fingerprint density at radius 1 is 1.21 bits per heavy atom. The van der Waals surface area contributed by atoms with Crippen LogP contribution in [-0.2, 0) is 11.3 Å². The molecule has 2 heterocycles. The van der Waals surface area contributed by atoms with E-state index in [-0.39, 0.29) is 30.1 Å². The first kappa shape index (κ1) is 22.3. The third kappa shape index (κ3) is 5.06. The number of carbonyl (C=O) groups excluding carboxylic acids is 1. The molecule has 3 rings (SSSR count). The first-order valence-corrected chi connectivity index (χ1v) is 9.43. The van der Waals surface area contributed by atoms with Crippen LogP contribution >= 0.6 is 24.0 Å². The van der Waals surface area contributed by atoms with Crippen molar-refractivity contribution < 1.29 is 9.53 Å². The molecule has 1 saturated heterocycles. The van der Waals surface area contributed by atoms with Crippen LogP contribution in [0.2, 0.25) is 0 Å². The molecule has 154 valence electrons. The van der Waals surface area contributed by atoms with Crippen molar-refractivity contribution in [1.82, 2.24) is 24.7 Å². The summed E-state index contributed by atoms with van der Waals surface area (Å²) in [4.78, 5) is 24.7. The summed E-state index contributed by atoms with van der Waals surface area (Å²) in [5.41, 5.74) is 2.17. The zero-order valence-electron chi connectivity index (χ0n) is 16.7. The number of aliphatic imine (C=N–C) groups is 1. The van der Waals surface area contributed by atoms with Crippen molar-refractivity contribution in [3.05, 3.63) is 30.1 Å². The molecule has 1 fully saturated rings. The lowest BCUT2D eigenvalue weighted by Crippen LogP contribution is -2.54. The number of nitrogens with one attached hydrogen (secondary N) is 1. The van der Waals surface area contributed by atoms with Crippen molar-refractivity contribution in [3.63, 3.8) is 0 Å². The van der Waals surface area contributed by atoms with Gasteiger partial charge in [0.1, 0.15) is 5.82 Å². The highest BCUT2D eigenvalue weighted by atomic mass is 127. The van der Waals surface area contributed by atoms with Gasteiger partial charge in [-0.1, -0.05) is 12.1 Å². The number of halogens is 1. The second-order valence-corrected chi connectivity index (χ2v) is 6.45. The molecule has 1 N–H and O–H groups in total. The number of hydrogen-bond acceptors (Lipinski definition) is 4. The number of amides is 1. The summed E-state index contributed by atoms with van der Waals surface area (Å²) in [5.74, 6) is 1.87. The second-order valence-electron chi connectivity index (χ2n) is 6.45. The molecule has 2 aromatic rings. The van der Waals surface area contributed by atoms with Gasteiger partial charge in [0.05, 0.1) is 17.6 Å². The Morgan fingerprint density at radius 3 is 2.57 bits per heavy atom. The Hall–Kier alpha value is -2.04. The van der Waals surface area contributed by atoms with E-state index < -0.39 is 0 Å². The topological polar surface area (TPSA) is 75.0 Å². The van der Waals surface area contributed by atoms with Crippen molar-refractivity contribution >= 4 is 47.1 Å². The van der Waals surface area contributed by atoms with Gasteiger partial charge < -0.3 is 24.4 Å². The summed E-state index contributed by atoms with van der Waals surface area (Å²) < 4.78 is 7.29. The number of piperazine rings is 1. The maximum absolute atomic E-state index is 11.8. The fourth-order valence-corrected chi connectivity index (χ4v) is 3.41. The number of nitrogens with zero attached hydrogens (tertiary/aromatic N) is 5. The first-order valence-electron chi connectivity index (χ1n) is 9.43. The molecule has 0 atom stereocenters. The van der Waals surface area contributed by atoms with Gasteiger partial charge in [0.15, 0.2) is 5.96 Å². The minimum Gasteiger partial charge on any atom is -0.450 e. The zero-order chi connectivity index (χ0) is 19.2. The van der Waals surface area contributed by atoms with E-state index in [0.29, 0.717) is 19.7 Å². The standard InChI is InChI=1S/C19H28N6O2.HI/c1-4-27-19(26)24-13-11-23(12-14-24)18(20-3)21-9-10-25-15(2)22-16-7-5-6-8-17(16)25;/h5-8H,4,9-14H2,1-3H3,(H,20,21);1H. The molecular weight excluding hydrogens is 471 g/mol. The molecule has 1 aliphatic rings. The van der Waals surface area contributed by atoms with Crippen LogP contribution in [0.3, 0.4) is 0 Å². The lowest BCUT2D eigenvalue weighted by molar-refractivity contribution is 0.0914. The molecule has 0 spiro atoms. The average Bonchev–Trinajstić information content (AvgIpc) is 3.01. The molecular formula is C19H29IN6O2. The Bertz CT molecular complexity index is 814. The molecule has 0 bridgehead atoms. The van der Waals surface area contributed by atoms with Crippen LogP contribution in [0.4, 0.5) is 4.79 Å². The van der Waals surface area contributed by atoms with Crippen molar-refractivity contribution in [2.24, 2.45) is 4.99 Å². The summed E-state index contributed by atoms with van der Waals surface area (Å²) in [5, 5.41) is 3.43. The van der Waals surface area contributed by atoms with Gasteiger partial charge in [-0.25, -0.2) is 9.78 Å². The Balaban J connectivity index is 0.00000280. The molecule has 0 radical (unpaired) electrons. The molecule has 0 saturated carbocycles. The molecule has 0 unspecified atom stereocenters. The maximum atomic E-state index is 11.8. The Kier molecular flexibility index (Phi) is 8.34. The van der Waals surface area contributed by atoms with E-state index in [9.17, 15) is 4.79 Å². The molecule has 1 aliphatic heterocycles. The molecule has 1 aromatic heterocycles. The second kappa shape index (κ2) is 10.5. The number of hydrogen-bond donors (Lipinski definition) is 1. The van der Waals surface area contributed by atoms with Crippen molar-refractivity contribution in [2.75, 3.05) is 46.4 Å². The smallest absolute Gasteiger partial charge is 0.409 e. The minimum atomic E-state index is -0.234. The van der Waals surface area contributed by atoms with Crippen molar-refractivity contribution in [3.8, 4) is 0 Å². The third-order valence-corrected chi connectivity index (χ3v) is 4.78. The quantitative estimate of drug-likeness (QED) is 0.397. The summed E-state index contributed by atoms with van der Waals surface area (Å²) in [6.07, 6.45) is -0.234. The molecule has 0 aliphatic carbocycles. The van der Waals surface area contributed by atoms with Crippen molar-refractivity contribution in [1.29, 1.82) is 0 Å². The van der Waals surface area contributed by atoms with Gasteiger partial charge in [0.2, 0.25) is 0 Å². The van der Waals surface area contributed by atoms with Gasteiger partial charge in [0.25, 0.3) is 0 Å². The van der Waals surface area contributed by atoms with Gasteiger partial charge >= 0.3 is 6.09 Å². The number of fused-ring (bicyclic) bond motifs is 1. The number of benzene rings is 1. The van der Waals surface area contributed by atoms with Crippen LogP contribution in [0.25, 0.3) is 11.0 Å². The number of aromatic nitrogens is 2. The number of aryl methyl sites for hydroxylation is 1. The lowest BCUT2D eigenvalue weighted by atomic mass is 10.3. The highest BCUT2D eigenvalue weighted by molar-refractivity contribution is 14.0. The van der Waals surface area contributed by atoms with Crippen LogP contribution in [-0.4, -0.2) is 77.8 Å². The van der Waals surface area contributed by atoms with E-state index in [1.165, 1.54) is 0 Å². The monoisotopic (exact) mass is 500 g/mol. The predicted molar refractivity (Wildman–Crippen MR) is 121 cm³/mol. The summed E-state index contributed by atoms with van der Waals surface area (Å²) in [6, 6.07) is 8.18. The first-order chi connectivity index (χ1) is 13.1. The van der Waals surface area contributed by atoms with Crippen LogP contribution in [0.15, 0.2) is 29.3 Å². The van der Waals surface area contributed by atoms with E-state index in [0.717, 1.165) is 49.0 Å². The van der Waals surface area contributed by atoms with Crippen LogP contribution < -0.4 is 5.32 Å². The predicted octanol–water partition coefficient (Wildman–Crippen LogP) is 2.31. The van der Waals surface area contributed by atoms with Crippen molar-refractivity contribution in [2.45, 2.75) is 20.4 Å². The molecule has 1 amide bonds. The number of ether oxygens (including phenoxy) is 1. The summed E-state index contributed by atoms with van der Waals surface area (Å²) in [7, 11) is 1.79. The number of rotatable bonds is 4. The Morgan fingerprint density at radius 2 is 1.89 bits per heavy atom. The zero-order valence-corrected chi connectivity index (χ0v) is 19.1. The summed E-state index contributed by atoms with van der Waals surface area (Å²) >= 11 is 0. The van der Waals surface area contributed by atoms with Gasteiger partial charge in [-0.05, 0) is 26.0 Å². The normalized spacial score (nSPS) is 14.8. The van der Waals surface area contributed by atoms with E-state index in [2.05, 4.69) is 30.8 Å². The largest absolute Gasteiger partial charge is 0.450 e. The van der Waals surface area contributed by atoms with E-state index in [4.69, 9.17) is 4.74 Å². The van der Waals surface area contributed by atoms with Gasteiger partial charge in [0, 0.05) is 46.3 Å². The van der Waals surface area contributed by atoms with E-state index in [1.54, 1.807) is 11.9 Å². The Labute approximate surface area is 183 Å². The molecule has 9 heteroatoms.